The van der Waals surface area contributed by atoms with Gasteiger partial charge in [-0.3, -0.25) is 19.3 Å². The summed E-state index contributed by atoms with van der Waals surface area (Å²) >= 11 is 0. The number of carbonyl (C=O) groups excluding carboxylic acids is 3. The Kier molecular flexibility index (Phi) is 7.26. The largest absolute Gasteiger partial charge is 0.352 e. The number of amides is 3. The molecule has 1 aromatic carbocycles. The molecule has 4 atom stereocenters. The van der Waals surface area contributed by atoms with Gasteiger partial charge in [-0.25, -0.2) is 4.39 Å². The van der Waals surface area contributed by atoms with Gasteiger partial charge in [0.15, 0.2) is 0 Å². The number of likely N-dealkylation sites (tertiary alicyclic amines) is 1. The van der Waals surface area contributed by atoms with Gasteiger partial charge in [-0.05, 0) is 57.0 Å². The van der Waals surface area contributed by atoms with Gasteiger partial charge in [0.2, 0.25) is 17.7 Å². The lowest BCUT2D eigenvalue weighted by atomic mass is 9.85. The first-order valence-electron chi connectivity index (χ1n) is 10.9. The van der Waals surface area contributed by atoms with Crippen molar-refractivity contribution in [2.24, 2.45) is 17.8 Å². The summed E-state index contributed by atoms with van der Waals surface area (Å²) in [7, 11) is 3.72. The number of halogens is 1. The minimum atomic E-state index is -0.832. The van der Waals surface area contributed by atoms with E-state index in [2.05, 4.69) is 5.32 Å². The summed E-state index contributed by atoms with van der Waals surface area (Å²) in [6.07, 6.45) is 5.37. The molecule has 0 aromatic heterocycles. The Hall–Kier alpha value is -2.54. The second kappa shape index (κ2) is 9.73. The highest BCUT2D eigenvalue weighted by atomic mass is 19.1. The fourth-order valence-electron chi connectivity index (χ4n) is 4.54. The summed E-state index contributed by atoms with van der Waals surface area (Å²) < 4.78 is 13.7. The van der Waals surface area contributed by atoms with Crippen molar-refractivity contribution in [3.63, 3.8) is 0 Å². The zero-order valence-electron chi connectivity index (χ0n) is 18.7. The molecule has 1 saturated heterocycles. The first-order chi connectivity index (χ1) is 14.7. The van der Waals surface area contributed by atoms with Crippen LogP contribution >= 0.6 is 0 Å². The van der Waals surface area contributed by atoms with E-state index in [1.54, 1.807) is 6.07 Å². The normalized spacial score (nSPS) is 22.7. The second-order valence-corrected chi connectivity index (χ2v) is 9.13. The molecular formula is C24H32FN3O3. The van der Waals surface area contributed by atoms with Crippen LogP contribution in [0.1, 0.15) is 44.7 Å². The summed E-state index contributed by atoms with van der Waals surface area (Å²) in [6, 6.07) is 5.22. The van der Waals surface area contributed by atoms with Crippen LogP contribution in [0, 0.1) is 23.6 Å². The zero-order valence-corrected chi connectivity index (χ0v) is 18.7. The summed E-state index contributed by atoms with van der Waals surface area (Å²) in [6.45, 7) is 4.18. The summed E-state index contributed by atoms with van der Waals surface area (Å²) in [5.74, 6) is -1.75. The van der Waals surface area contributed by atoms with Crippen molar-refractivity contribution in [2.45, 2.75) is 45.2 Å². The number of nitrogens with one attached hydrogen (secondary N) is 1. The molecule has 31 heavy (non-hydrogen) atoms. The van der Waals surface area contributed by atoms with E-state index in [4.69, 9.17) is 0 Å². The molecule has 168 valence electrons. The zero-order chi connectivity index (χ0) is 22.7. The Morgan fingerprint density at radius 2 is 1.77 bits per heavy atom. The average molecular weight is 430 g/mol. The summed E-state index contributed by atoms with van der Waals surface area (Å²) in [5, 5.41) is 2.92. The van der Waals surface area contributed by atoms with E-state index in [-0.39, 0.29) is 53.9 Å². The van der Waals surface area contributed by atoms with Crippen LogP contribution in [0.3, 0.4) is 0 Å². The van der Waals surface area contributed by atoms with Crippen LogP contribution in [0.2, 0.25) is 0 Å². The van der Waals surface area contributed by atoms with Crippen molar-refractivity contribution in [1.82, 2.24) is 15.1 Å². The maximum absolute atomic E-state index is 13.7. The Balaban J connectivity index is 1.77. The lowest BCUT2D eigenvalue weighted by Crippen LogP contribution is -2.51. The Labute approximate surface area is 183 Å². The molecule has 1 fully saturated rings. The molecule has 1 aromatic rings. The highest BCUT2D eigenvalue weighted by molar-refractivity contribution is 6.08. The van der Waals surface area contributed by atoms with Crippen LogP contribution in [-0.2, 0) is 14.4 Å². The molecule has 0 bridgehead atoms. The number of allylic oxidation sites excluding steroid dienone is 2. The van der Waals surface area contributed by atoms with Crippen molar-refractivity contribution in [3.8, 4) is 0 Å². The molecule has 0 radical (unpaired) electrons. The second-order valence-electron chi connectivity index (χ2n) is 9.13. The van der Waals surface area contributed by atoms with Crippen molar-refractivity contribution in [3.05, 3.63) is 47.8 Å². The highest BCUT2D eigenvalue weighted by Crippen LogP contribution is 2.37. The predicted octanol–water partition coefficient (Wildman–Crippen LogP) is 2.91. The van der Waals surface area contributed by atoms with E-state index in [1.807, 2.05) is 51.1 Å². The lowest BCUT2D eigenvalue weighted by Gasteiger charge is -2.30. The smallest absolute Gasteiger partial charge is 0.243 e. The maximum Gasteiger partial charge on any atom is 0.243 e. The van der Waals surface area contributed by atoms with E-state index >= 15 is 0 Å². The molecule has 1 heterocycles. The van der Waals surface area contributed by atoms with Crippen LogP contribution in [0.4, 0.5) is 4.39 Å². The van der Waals surface area contributed by atoms with E-state index < -0.39 is 6.04 Å². The van der Waals surface area contributed by atoms with Gasteiger partial charge in [-0.15, -0.1) is 0 Å². The van der Waals surface area contributed by atoms with E-state index in [0.717, 1.165) is 5.56 Å². The van der Waals surface area contributed by atoms with Crippen LogP contribution in [-0.4, -0.2) is 54.2 Å². The van der Waals surface area contributed by atoms with Crippen LogP contribution in [0.25, 0.3) is 0 Å². The van der Waals surface area contributed by atoms with E-state index in [1.165, 1.54) is 17.0 Å². The fraction of sp³-hybridized carbons (Fsp3) is 0.542. The van der Waals surface area contributed by atoms with E-state index in [9.17, 15) is 18.8 Å². The van der Waals surface area contributed by atoms with Gasteiger partial charge in [0.25, 0.3) is 0 Å². The van der Waals surface area contributed by atoms with E-state index in [0.29, 0.717) is 19.3 Å². The first-order valence-corrected chi connectivity index (χ1v) is 10.9. The van der Waals surface area contributed by atoms with Gasteiger partial charge in [-0.1, -0.05) is 38.1 Å². The molecule has 1 N–H and O–H groups in total. The van der Waals surface area contributed by atoms with Gasteiger partial charge in [-0.2, -0.15) is 0 Å². The summed E-state index contributed by atoms with van der Waals surface area (Å²) in [5.41, 5.74) is 0.746. The monoisotopic (exact) mass is 429 g/mol. The van der Waals surface area contributed by atoms with Gasteiger partial charge >= 0.3 is 0 Å². The molecule has 3 amide bonds. The molecule has 1 aliphatic carbocycles. The van der Waals surface area contributed by atoms with Gasteiger partial charge in [0, 0.05) is 6.54 Å². The average Bonchev–Trinajstić information content (AvgIpc) is 2.96. The SMILES string of the molecule is CC(C)CC(C(=O)NCC(c1cccc(F)c1)N(C)C)N1C(=O)C2CC=CCC2C1=O. The van der Waals surface area contributed by atoms with Crippen LogP contribution < -0.4 is 5.32 Å². The number of hydrogen-bond acceptors (Lipinski definition) is 4. The van der Waals surface area contributed by atoms with Gasteiger partial charge in [0.05, 0.1) is 17.9 Å². The van der Waals surface area contributed by atoms with Crippen molar-refractivity contribution >= 4 is 17.7 Å². The Morgan fingerprint density at radius 1 is 1.16 bits per heavy atom. The fourth-order valence-corrected chi connectivity index (χ4v) is 4.54. The molecule has 2 aliphatic rings. The molecule has 7 heteroatoms. The molecule has 4 unspecified atom stereocenters. The topological polar surface area (TPSA) is 69.7 Å². The van der Waals surface area contributed by atoms with Crippen molar-refractivity contribution in [1.29, 1.82) is 0 Å². The number of rotatable bonds is 8. The maximum atomic E-state index is 13.7. The number of hydrogen-bond donors (Lipinski definition) is 1. The Bertz CT molecular complexity index is 841. The minimum Gasteiger partial charge on any atom is -0.352 e. The highest BCUT2D eigenvalue weighted by Gasteiger charge is 2.51. The molecule has 0 saturated carbocycles. The number of likely N-dealkylation sites (N-methyl/N-ethyl adjacent to an activating group) is 1. The minimum absolute atomic E-state index is 0.130. The first kappa shape index (κ1) is 23.1. The quantitative estimate of drug-likeness (QED) is 0.510. The number of nitrogens with zero attached hydrogens (tertiary/aromatic N) is 2. The van der Waals surface area contributed by atoms with Crippen molar-refractivity contribution < 1.29 is 18.8 Å². The Morgan fingerprint density at radius 3 is 2.29 bits per heavy atom. The molecule has 1 aliphatic heterocycles. The third-order valence-corrected chi connectivity index (χ3v) is 6.18. The van der Waals surface area contributed by atoms with Gasteiger partial charge < -0.3 is 10.2 Å². The molecule has 0 spiro atoms. The molecule has 6 nitrogen and oxygen atoms in total. The van der Waals surface area contributed by atoms with Gasteiger partial charge in [0.1, 0.15) is 11.9 Å². The summed E-state index contributed by atoms with van der Waals surface area (Å²) in [4.78, 5) is 42.4. The van der Waals surface area contributed by atoms with Crippen LogP contribution in [0.5, 0.6) is 0 Å². The predicted molar refractivity (Wildman–Crippen MR) is 116 cm³/mol. The molecular weight excluding hydrogens is 397 g/mol. The standard InChI is InChI=1S/C24H32FN3O3/c1-15(2)12-20(28-23(30)18-10-5-6-11-19(18)24(28)31)22(29)26-14-21(27(3)4)16-8-7-9-17(25)13-16/h5-9,13,15,18-21H,10-12,14H2,1-4H3,(H,26,29). The van der Waals surface area contributed by atoms with Crippen molar-refractivity contribution in [2.75, 3.05) is 20.6 Å². The number of carbonyl (C=O) groups is 3. The molecule has 3 rings (SSSR count). The number of benzene rings is 1. The number of imide groups is 1. The number of fused-ring (bicyclic) bond motifs is 1. The third-order valence-electron chi connectivity index (χ3n) is 6.18. The lowest BCUT2D eigenvalue weighted by molar-refractivity contribution is -0.148. The van der Waals surface area contributed by atoms with Crippen LogP contribution in [0.15, 0.2) is 36.4 Å². The third kappa shape index (κ3) is 5.03.